The van der Waals surface area contributed by atoms with Crippen LogP contribution in [0.1, 0.15) is 238 Å². The highest BCUT2D eigenvalue weighted by Crippen LogP contribution is 2.18. The van der Waals surface area contributed by atoms with E-state index in [4.69, 9.17) is 34.4 Å². The van der Waals surface area contributed by atoms with Crippen LogP contribution in [0.2, 0.25) is 0 Å². The van der Waals surface area contributed by atoms with Crippen molar-refractivity contribution >= 4 is 53.2 Å². The van der Waals surface area contributed by atoms with E-state index in [2.05, 4.69) is 54.1 Å². The van der Waals surface area contributed by atoms with Gasteiger partial charge in [0.15, 0.2) is 0 Å². The number of hydrogen-bond acceptors (Lipinski definition) is 18. The number of aromatic nitrogens is 2. The van der Waals surface area contributed by atoms with Gasteiger partial charge in [0.2, 0.25) is 47.3 Å². The first-order valence-electron chi connectivity index (χ1n) is 34.1. The molecule has 0 bridgehead atoms. The summed E-state index contributed by atoms with van der Waals surface area (Å²) >= 11 is 0. The second-order valence-electron chi connectivity index (χ2n) is 25.9. The molecule has 12 unspecified atom stereocenters. The minimum atomic E-state index is -1.78. The van der Waals surface area contributed by atoms with Gasteiger partial charge in [0.05, 0.1) is 62.4 Å². The number of carboxylic acids is 1. The number of unbranched alkanes of at least 4 members (excludes halogenated alkanes) is 16. The summed E-state index contributed by atoms with van der Waals surface area (Å²) in [7, 11) is 0. The van der Waals surface area contributed by atoms with Gasteiger partial charge in [0.1, 0.15) is 30.2 Å². The number of primary amides is 1. The summed E-state index contributed by atoms with van der Waals surface area (Å²) in [6.07, 6.45) is 27.5. The van der Waals surface area contributed by atoms with Gasteiger partial charge in [0.25, 0.3) is 0 Å². The van der Waals surface area contributed by atoms with E-state index in [9.17, 15) is 63.6 Å². The molecule has 0 radical (unpaired) electrons. The minimum Gasteiger partial charge on any atom is -0.480 e. The van der Waals surface area contributed by atoms with E-state index in [1.54, 1.807) is 0 Å². The molecule has 528 valence electrons. The first kappa shape index (κ1) is 82.2. The number of carboxylic acid groups (broad SMARTS) is 1. The zero-order valence-electron chi connectivity index (χ0n) is 55.4. The highest BCUT2D eigenvalue weighted by atomic mass is 16.4. The molecule has 0 aliphatic carbocycles. The van der Waals surface area contributed by atoms with E-state index < -0.39 is 140 Å². The van der Waals surface area contributed by atoms with Crippen LogP contribution in [0.15, 0.2) is 12.5 Å². The standard InChI is InChI=1S/C64H119N15O13/c1-41(65)24-16-8-4-9-17-25-44(66)26-18-10-5-11-19-27-45(67)28-20-12-6-13-21-29-46(68)30-22-14-7-15-23-31-48(81)32-33-72-55(84)38-53(82)59(43(3)80)79-63(90)58-42(2)74-57(86)37-52(61(88)76-51(36-54(70)83)62(89)78-58)77-60(87)50(34-47-39-71-40-73-47)75-56(85)35-49(69)64(91)92/h39-46,48-53,58-59,80-82H,4-38,65-69H2,1-3H3,(H2,70,83)(H,71,73)(H,72,84)(H,74,86)(H,75,85)(H,76,88)(H,77,87)(H,78,89)(H,79,90)(H,91,92)/t41?,42?,43-,44?,45?,46?,48?,49?,50+,51?,52?,53?,58?,59?/m1/s1. The zero-order valence-corrected chi connectivity index (χ0v) is 55.4. The maximum atomic E-state index is 14.0. The SMILES string of the molecule is CC(N)CCCCCCCC(N)CCCCCCCC(N)CCCCCCCC(N)CCCCCCCC(O)CCNC(=O)CC(O)C(NC(=O)C1NC(=O)C(CC(N)=O)NC(=O)C(NC(=O)[C@H](Cc2cnc[nH]2)NC(=O)CC(N)C(=O)O)CC(=O)NC1C)[C@@H](C)O. The fourth-order valence-electron chi connectivity index (χ4n) is 11.3. The lowest BCUT2D eigenvalue weighted by Gasteiger charge is -2.31. The predicted octanol–water partition coefficient (Wildman–Crippen LogP) is 1.21. The highest BCUT2D eigenvalue weighted by Gasteiger charge is 2.39. The molecule has 28 heteroatoms. The van der Waals surface area contributed by atoms with Crippen LogP contribution in [0.5, 0.6) is 0 Å². The second-order valence-corrected chi connectivity index (χ2v) is 25.9. The summed E-state index contributed by atoms with van der Waals surface area (Å²) in [5.74, 6) is -9.50. The van der Waals surface area contributed by atoms with E-state index in [1.807, 2.05) is 0 Å². The van der Waals surface area contributed by atoms with Gasteiger partial charge in [0, 0.05) is 49.0 Å². The van der Waals surface area contributed by atoms with E-state index in [-0.39, 0.29) is 25.4 Å². The third-order valence-electron chi connectivity index (χ3n) is 17.0. The number of hydrogen-bond donors (Lipinski definition) is 18. The Balaban J connectivity index is 1.69. The van der Waals surface area contributed by atoms with Crippen molar-refractivity contribution in [3.05, 3.63) is 18.2 Å². The number of amides is 8. The van der Waals surface area contributed by atoms with Gasteiger partial charge in [-0.2, -0.15) is 0 Å². The van der Waals surface area contributed by atoms with Crippen molar-refractivity contribution < 1.29 is 63.6 Å². The van der Waals surface area contributed by atoms with E-state index in [0.29, 0.717) is 30.2 Å². The number of H-pyrrole nitrogens is 1. The van der Waals surface area contributed by atoms with Gasteiger partial charge in [-0.25, -0.2) is 4.98 Å². The summed E-state index contributed by atoms with van der Waals surface area (Å²) < 4.78 is 0. The summed E-state index contributed by atoms with van der Waals surface area (Å²) in [6.45, 7) is 4.71. The van der Waals surface area contributed by atoms with Gasteiger partial charge in [-0.3, -0.25) is 43.2 Å². The van der Waals surface area contributed by atoms with Crippen LogP contribution in [0.25, 0.3) is 0 Å². The van der Waals surface area contributed by atoms with Crippen LogP contribution in [-0.4, -0.2) is 175 Å². The monoisotopic (exact) mass is 1310 g/mol. The van der Waals surface area contributed by atoms with Gasteiger partial charge in [-0.05, 0) is 78.6 Å². The Kier molecular flexibility index (Phi) is 42.8. The third kappa shape index (κ3) is 38.3. The average Bonchev–Trinajstić information content (AvgIpc) is 2.04. The van der Waals surface area contributed by atoms with E-state index in [1.165, 1.54) is 116 Å². The van der Waals surface area contributed by atoms with Crippen molar-refractivity contribution in [2.45, 2.75) is 324 Å². The molecule has 28 nitrogen and oxygen atoms in total. The van der Waals surface area contributed by atoms with Crippen molar-refractivity contribution in [2.75, 3.05) is 6.54 Å². The summed E-state index contributed by atoms with van der Waals surface area (Å²) in [4.78, 5) is 124. The largest absolute Gasteiger partial charge is 0.480 e. The Morgan fingerprint density at radius 1 is 0.620 bits per heavy atom. The molecule has 1 aliphatic rings. The lowest BCUT2D eigenvalue weighted by Crippen LogP contribution is -2.63. The molecule has 8 amide bonds. The Labute approximate surface area is 545 Å². The van der Waals surface area contributed by atoms with Crippen LogP contribution < -0.4 is 71.6 Å². The third-order valence-corrected chi connectivity index (χ3v) is 17.0. The molecule has 1 fully saturated rings. The molecule has 92 heavy (non-hydrogen) atoms. The molecule has 0 spiro atoms. The van der Waals surface area contributed by atoms with Crippen LogP contribution in [0.4, 0.5) is 0 Å². The number of aliphatic carboxylic acids is 1. The van der Waals surface area contributed by atoms with E-state index >= 15 is 0 Å². The Bertz CT molecular complexity index is 2280. The molecule has 1 aliphatic heterocycles. The minimum absolute atomic E-state index is 0.0876. The molecule has 14 atom stereocenters. The molecular weight excluding hydrogens is 1190 g/mol. The van der Waals surface area contributed by atoms with Crippen LogP contribution >= 0.6 is 0 Å². The average molecular weight is 1310 g/mol. The normalized spacial score (nSPS) is 19.6. The smallest absolute Gasteiger partial charge is 0.321 e. The molecule has 1 saturated heterocycles. The summed E-state index contributed by atoms with van der Waals surface area (Å²) in [5.41, 5.74) is 36.3. The molecular formula is C64H119N15O13. The zero-order chi connectivity index (χ0) is 68.4. The Morgan fingerprint density at radius 3 is 1.57 bits per heavy atom. The van der Waals surface area contributed by atoms with Crippen molar-refractivity contribution in [1.82, 2.24) is 47.2 Å². The fourth-order valence-corrected chi connectivity index (χ4v) is 11.3. The Hall–Kier alpha value is -5.88. The number of nitrogens with one attached hydrogen (secondary N) is 8. The quantitative estimate of drug-likeness (QED) is 0.0408. The van der Waals surface area contributed by atoms with Crippen LogP contribution in [-0.2, 0) is 49.6 Å². The predicted molar refractivity (Wildman–Crippen MR) is 351 cm³/mol. The number of imidazole rings is 1. The number of aromatic amines is 1. The number of aliphatic hydroxyl groups is 3. The molecule has 0 aromatic carbocycles. The first-order valence-corrected chi connectivity index (χ1v) is 34.1. The van der Waals surface area contributed by atoms with Crippen LogP contribution in [0, 0.1) is 0 Å². The molecule has 2 rings (SSSR count). The molecule has 24 N–H and O–H groups in total. The number of carbonyl (C=O) groups is 9. The first-order chi connectivity index (χ1) is 43.7. The maximum Gasteiger partial charge on any atom is 0.321 e. The van der Waals surface area contributed by atoms with Gasteiger partial charge < -0.3 is 97.0 Å². The lowest BCUT2D eigenvalue weighted by molar-refractivity contribution is -0.140. The number of carbonyl (C=O) groups excluding carboxylic acids is 8. The number of aliphatic hydroxyl groups excluding tert-OH is 3. The van der Waals surface area contributed by atoms with E-state index in [0.717, 1.165) is 83.5 Å². The summed E-state index contributed by atoms with van der Waals surface area (Å²) in [5, 5.41) is 58.5. The van der Waals surface area contributed by atoms with Crippen molar-refractivity contribution in [3.63, 3.8) is 0 Å². The molecule has 1 aromatic heterocycles. The number of rotatable bonds is 51. The van der Waals surface area contributed by atoms with Crippen molar-refractivity contribution in [3.8, 4) is 0 Å². The van der Waals surface area contributed by atoms with Gasteiger partial charge >= 0.3 is 5.97 Å². The van der Waals surface area contributed by atoms with Gasteiger partial charge in [-0.1, -0.05) is 128 Å². The Morgan fingerprint density at radius 2 is 1.11 bits per heavy atom. The molecule has 2 heterocycles. The lowest BCUT2D eigenvalue weighted by atomic mass is 9.98. The highest BCUT2D eigenvalue weighted by molar-refractivity contribution is 5.99. The second kappa shape index (κ2) is 47.9. The van der Waals surface area contributed by atoms with Crippen molar-refractivity contribution in [2.24, 2.45) is 34.4 Å². The van der Waals surface area contributed by atoms with Crippen molar-refractivity contribution in [1.29, 1.82) is 0 Å². The number of nitrogens with two attached hydrogens (primary N) is 6. The summed E-state index contributed by atoms with van der Waals surface area (Å²) in [6, 6.07) is -10.0. The molecule has 0 saturated carbocycles. The number of nitrogens with zero attached hydrogens (tertiary/aromatic N) is 1. The molecule has 1 aromatic rings. The van der Waals surface area contributed by atoms with Crippen LogP contribution in [0.3, 0.4) is 0 Å². The fraction of sp³-hybridized carbons (Fsp3) is 0.812. The maximum absolute atomic E-state index is 14.0. The van der Waals surface area contributed by atoms with Gasteiger partial charge in [-0.15, -0.1) is 0 Å². The topological polar surface area (TPSA) is 504 Å².